The minimum absolute atomic E-state index is 0.0201. The van der Waals surface area contributed by atoms with Crippen LogP contribution in [-0.2, 0) is 0 Å². The molecule has 0 saturated carbocycles. The van der Waals surface area contributed by atoms with E-state index in [0.29, 0.717) is 11.6 Å². The lowest BCUT2D eigenvalue weighted by atomic mass is 10.0. The topological polar surface area (TPSA) is 56.7 Å². The highest BCUT2D eigenvalue weighted by Crippen LogP contribution is 2.22. The molecule has 1 aromatic rings. The molecule has 2 saturated heterocycles. The van der Waals surface area contributed by atoms with Gasteiger partial charge in [-0.15, -0.1) is 0 Å². The summed E-state index contributed by atoms with van der Waals surface area (Å²) < 4.78 is 0. The Bertz CT molecular complexity index is 478. The maximum Gasteiger partial charge on any atom is 0.255 e. The number of carbonyl (C=O) groups excluding carboxylic acids is 1. The fourth-order valence-corrected chi connectivity index (χ4v) is 3.27. The van der Waals surface area contributed by atoms with Crippen molar-refractivity contribution in [2.24, 2.45) is 0 Å². The van der Waals surface area contributed by atoms with E-state index < -0.39 is 0 Å². The average molecular weight is 275 g/mol. The third kappa shape index (κ3) is 2.77. The number of rotatable bonds is 2. The van der Waals surface area contributed by atoms with E-state index in [-0.39, 0.29) is 11.7 Å². The van der Waals surface area contributed by atoms with Crippen molar-refractivity contribution in [3.8, 4) is 5.75 Å². The highest BCUT2D eigenvalue weighted by molar-refractivity contribution is 5.94. The predicted molar refractivity (Wildman–Crippen MR) is 75.6 cm³/mol. The maximum atomic E-state index is 12.3. The summed E-state index contributed by atoms with van der Waals surface area (Å²) in [6.07, 6.45) is 7.60. The Labute approximate surface area is 119 Å². The van der Waals surface area contributed by atoms with Crippen LogP contribution in [0.1, 0.15) is 36.0 Å². The summed E-state index contributed by atoms with van der Waals surface area (Å²) in [7, 11) is 0. The van der Waals surface area contributed by atoms with Crippen LogP contribution in [0, 0.1) is 0 Å². The number of aromatic hydroxyl groups is 1. The molecule has 2 aliphatic rings. The van der Waals surface area contributed by atoms with E-state index in [0.717, 1.165) is 25.9 Å². The quantitative estimate of drug-likeness (QED) is 0.888. The molecule has 2 aliphatic heterocycles. The summed E-state index contributed by atoms with van der Waals surface area (Å²) in [5.41, 5.74) is 0.477. The number of nitrogens with zero attached hydrogens (tertiary/aromatic N) is 3. The monoisotopic (exact) mass is 275 g/mol. The molecule has 5 heteroatoms. The van der Waals surface area contributed by atoms with Crippen LogP contribution in [0.5, 0.6) is 5.75 Å². The molecule has 3 heterocycles. The zero-order chi connectivity index (χ0) is 13.9. The number of hydrogen-bond donors (Lipinski definition) is 1. The predicted octanol–water partition coefficient (Wildman–Crippen LogP) is 1.49. The van der Waals surface area contributed by atoms with Crippen LogP contribution in [0.2, 0.25) is 0 Å². The van der Waals surface area contributed by atoms with Crippen LogP contribution in [0.15, 0.2) is 18.5 Å². The summed E-state index contributed by atoms with van der Waals surface area (Å²) in [5.74, 6) is 0.0241. The van der Waals surface area contributed by atoms with Crippen molar-refractivity contribution in [3.63, 3.8) is 0 Å². The van der Waals surface area contributed by atoms with Crippen molar-refractivity contribution >= 4 is 5.91 Å². The smallest absolute Gasteiger partial charge is 0.255 e. The molecule has 0 bridgehead atoms. The largest absolute Gasteiger partial charge is 0.506 e. The molecule has 2 fully saturated rings. The molecule has 1 aromatic heterocycles. The molecular weight excluding hydrogens is 254 g/mol. The van der Waals surface area contributed by atoms with E-state index in [1.165, 1.54) is 44.4 Å². The van der Waals surface area contributed by atoms with Gasteiger partial charge in [0.2, 0.25) is 0 Å². The molecule has 0 atom stereocenters. The number of likely N-dealkylation sites (tertiary alicyclic amines) is 2. The van der Waals surface area contributed by atoms with Crippen LogP contribution in [0.4, 0.5) is 0 Å². The number of carbonyl (C=O) groups is 1. The molecule has 0 aliphatic carbocycles. The zero-order valence-corrected chi connectivity index (χ0v) is 11.7. The Hall–Kier alpha value is -1.62. The zero-order valence-electron chi connectivity index (χ0n) is 11.7. The first-order valence-corrected chi connectivity index (χ1v) is 7.41. The minimum atomic E-state index is -0.0201. The normalized spacial score (nSPS) is 21.3. The van der Waals surface area contributed by atoms with Gasteiger partial charge >= 0.3 is 0 Å². The van der Waals surface area contributed by atoms with Gasteiger partial charge in [0.05, 0.1) is 11.8 Å². The summed E-state index contributed by atoms with van der Waals surface area (Å²) in [5, 5.41) is 9.41. The van der Waals surface area contributed by atoms with E-state index in [1.54, 1.807) is 0 Å². The van der Waals surface area contributed by atoms with Crippen molar-refractivity contribution in [1.82, 2.24) is 14.8 Å². The van der Waals surface area contributed by atoms with Crippen molar-refractivity contribution in [2.45, 2.75) is 31.7 Å². The molecule has 0 spiro atoms. The molecule has 3 rings (SSSR count). The van der Waals surface area contributed by atoms with Gasteiger partial charge in [-0.2, -0.15) is 0 Å². The molecule has 108 valence electrons. The lowest BCUT2D eigenvalue weighted by Crippen LogP contribution is -2.45. The maximum absolute atomic E-state index is 12.3. The van der Waals surface area contributed by atoms with E-state index in [2.05, 4.69) is 9.88 Å². The second kappa shape index (κ2) is 5.79. The van der Waals surface area contributed by atoms with E-state index >= 15 is 0 Å². The summed E-state index contributed by atoms with van der Waals surface area (Å²) >= 11 is 0. The van der Waals surface area contributed by atoms with Gasteiger partial charge < -0.3 is 14.9 Å². The molecule has 1 N–H and O–H groups in total. The average Bonchev–Trinajstić information content (AvgIpc) is 3.01. The van der Waals surface area contributed by atoms with E-state index in [1.807, 2.05) is 4.90 Å². The number of piperidine rings is 1. The molecule has 1 amide bonds. The summed E-state index contributed by atoms with van der Waals surface area (Å²) in [4.78, 5) is 20.7. The first-order valence-electron chi connectivity index (χ1n) is 7.41. The molecule has 20 heavy (non-hydrogen) atoms. The number of amides is 1. The van der Waals surface area contributed by atoms with Gasteiger partial charge in [0.1, 0.15) is 5.75 Å². The van der Waals surface area contributed by atoms with Crippen molar-refractivity contribution in [3.05, 3.63) is 24.0 Å². The number of pyridine rings is 1. The highest BCUT2D eigenvalue weighted by atomic mass is 16.3. The van der Waals surface area contributed by atoms with Gasteiger partial charge in [0.25, 0.3) is 5.91 Å². The van der Waals surface area contributed by atoms with Crippen LogP contribution < -0.4 is 0 Å². The first-order chi connectivity index (χ1) is 9.74. The van der Waals surface area contributed by atoms with Gasteiger partial charge in [0.15, 0.2) is 0 Å². The Balaban J connectivity index is 1.58. The van der Waals surface area contributed by atoms with Crippen molar-refractivity contribution in [1.29, 1.82) is 0 Å². The Morgan fingerprint density at radius 2 is 1.85 bits per heavy atom. The Morgan fingerprint density at radius 3 is 2.50 bits per heavy atom. The third-order valence-corrected chi connectivity index (χ3v) is 4.38. The SMILES string of the molecule is O=C(c1cncc(O)c1)N1CCC(N2CCCC2)CC1. The third-order valence-electron chi connectivity index (χ3n) is 4.38. The molecule has 0 radical (unpaired) electrons. The van der Waals surface area contributed by atoms with Gasteiger partial charge in [-0.3, -0.25) is 9.78 Å². The second-order valence-corrected chi connectivity index (χ2v) is 5.70. The Kier molecular flexibility index (Phi) is 3.87. The lowest BCUT2D eigenvalue weighted by molar-refractivity contribution is 0.0643. The molecule has 5 nitrogen and oxygen atoms in total. The van der Waals surface area contributed by atoms with E-state index in [4.69, 9.17) is 0 Å². The number of aromatic nitrogens is 1. The molecule has 0 unspecified atom stereocenters. The van der Waals surface area contributed by atoms with Gasteiger partial charge in [-0.05, 0) is 44.8 Å². The molecule has 0 aromatic carbocycles. The van der Waals surface area contributed by atoms with Crippen molar-refractivity contribution in [2.75, 3.05) is 26.2 Å². The van der Waals surface area contributed by atoms with Gasteiger partial charge in [-0.1, -0.05) is 0 Å². The summed E-state index contributed by atoms with van der Waals surface area (Å²) in [6, 6.07) is 2.13. The first kappa shape index (κ1) is 13.4. The standard InChI is InChI=1S/C15H21N3O2/c19-14-9-12(10-16-11-14)15(20)18-7-3-13(4-8-18)17-5-1-2-6-17/h9-11,13,19H,1-8H2. The van der Waals surface area contributed by atoms with Crippen molar-refractivity contribution < 1.29 is 9.90 Å². The molecular formula is C15H21N3O2. The fraction of sp³-hybridized carbons (Fsp3) is 0.600. The van der Waals surface area contributed by atoms with Gasteiger partial charge in [0, 0.05) is 25.3 Å². The van der Waals surface area contributed by atoms with Crippen LogP contribution in [0.25, 0.3) is 0 Å². The minimum Gasteiger partial charge on any atom is -0.506 e. The van der Waals surface area contributed by atoms with Crippen LogP contribution in [0.3, 0.4) is 0 Å². The van der Waals surface area contributed by atoms with Crippen LogP contribution in [-0.4, -0.2) is 58.0 Å². The Morgan fingerprint density at radius 1 is 1.15 bits per heavy atom. The van der Waals surface area contributed by atoms with E-state index in [9.17, 15) is 9.90 Å². The fourth-order valence-electron chi connectivity index (χ4n) is 3.27. The van der Waals surface area contributed by atoms with Gasteiger partial charge in [-0.25, -0.2) is 0 Å². The van der Waals surface area contributed by atoms with Crippen LogP contribution >= 0.6 is 0 Å². The second-order valence-electron chi connectivity index (χ2n) is 5.70. The lowest BCUT2D eigenvalue weighted by Gasteiger charge is -2.36. The highest BCUT2D eigenvalue weighted by Gasteiger charge is 2.28. The summed E-state index contributed by atoms with van der Waals surface area (Å²) in [6.45, 7) is 4.04. The number of hydrogen-bond acceptors (Lipinski definition) is 4.